The molecule has 0 aliphatic carbocycles. The van der Waals surface area contributed by atoms with Crippen molar-refractivity contribution >= 4 is 161 Å². The van der Waals surface area contributed by atoms with E-state index in [0.717, 1.165) is 68.2 Å². The van der Waals surface area contributed by atoms with Gasteiger partial charge in [0.25, 0.3) is 0 Å². The molecule has 0 aliphatic heterocycles. The lowest BCUT2D eigenvalue weighted by atomic mass is 9.89. The molecule has 22 aromatic rings. The average molecular weight is 1630 g/mol. The first-order chi connectivity index (χ1) is 62.6. The molecule has 0 unspecified atom stereocenters. The molecular formula is C121H94N6. The maximum absolute atomic E-state index is 2.39. The lowest BCUT2D eigenvalue weighted by molar-refractivity contribution is 1.20. The molecule has 0 N–H and O–H groups in total. The normalized spacial score (nSPS) is 11.2. The highest BCUT2D eigenvalue weighted by Crippen LogP contribution is 2.48. The van der Waals surface area contributed by atoms with E-state index in [4.69, 9.17) is 0 Å². The smallest absolute Gasteiger partial charge is 0.0540 e. The van der Waals surface area contributed by atoms with Gasteiger partial charge in [-0.2, -0.15) is 0 Å². The van der Waals surface area contributed by atoms with Crippen LogP contribution in [0.5, 0.6) is 0 Å². The molecule has 22 aromatic carbocycles. The standard InChI is InChI=1S/C49H34N2.2C36H30N2/c1-50(46-31-30-44-42-22-9-17-35-16-8-21-41(48(35)42)43-23-11-24-45(46)49(43)44)37-26-28-38(29-27-37)51(47-25-10-15-34-14-5-6-20-40(34)47)39-19-7-18-36(32-39)33-12-3-2-4-13-33;1-27-11-8-17-33(25-27)37(2)31-21-23-32(24-22-31)38(36-20-10-15-29-14-6-7-19-35(29)36)34-18-9-16-30(26-34)28-12-4-3-5-13-28;1-27-18-20-31(21-19-27)37(2)32-22-24-33(25-23-32)38(36-17-9-13-29-12-6-7-16-35(29)36)34-15-8-14-30(26-34)28-10-4-3-5-11-28/h2-32H,1H3;2*3-26H,1-2H3. The molecule has 0 radical (unpaired) electrons. The Hall–Kier alpha value is -16.3. The van der Waals surface area contributed by atoms with Crippen LogP contribution in [0.1, 0.15) is 11.1 Å². The van der Waals surface area contributed by atoms with E-state index >= 15 is 0 Å². The topological polar surface area (TPSA) is 19.4 Å². The summed E-state index contributed by atoms with van der Waals surface area (Å²) in [5.41, 5.74) is 26.9. The predicted octanol–water partition coefficient (Wildman–Crippen LogP) is 33.9. The SMILES string of the molecule is CN(c1ccc(N(c2cccc(-c3ccccc3)c2)c2cccc3ccccc23)cc1)c1ccc2c3cccc4cccc(c5cccc1c52)c43.Cc1ccc(N(C)c2ccc(N(c3cccc(-c4ccccc4)c3)c3cccc4ccccc34)cc2)cc1.Cc1cccc(N(C)c2ccc(N(c3cccc(-c4ccccc4)c3)c3cccc4ccccc34)cc2)c1. The molecular weight excluding hydrogens is 1540 g/mol. The molecule has 0 heterocycles. The molecule has 0 saturated heterocycles. The van der Waals surface area contributed by atoms with Crippen molar-refractivity contribution in [2.75, 3.05) is 50.5 Å². The molecule has 0 spiro atoms. The van der Waals surface area contributed by atoms with E-state index in [9.17, 15) is 0 Å². The van der Waals surface area contributed by atoms with E-state index in [0.29, 0.717) is 0 Å². The first kappa shape index (κ1) is 79.2. The van der Waals surface area contributed by atoms with Crippen molar-refractivity contribution < 1.29 is 0 Å². The minimum absolute atomic E-state index is 1.11. The highest BCUT2D eigenvalue weighted by molar-refractivity contribution is 6.34. The van der Waals surface area contributed by atoms with Gasteiger partial charge in [0, 0.05) is 111 Å². The lowest BCUT2D eigenvalue weighted by Crippen LogP contribution is -2.12. The Balaban J connectivity index is 0.000000122. The largest absolute Gasteiger partial charge is 0.345 e. The Labute approximate surface area is 743 Å². The van der Waals surface area contributed by atoms with E-state index in [1.807, 2.05) is 0 Å². The second kappa shape index (κ2) is 35.3. The lowest BCUT2D eigenvalue weighted by Gasteiger charge is -2.28. The Morgan fingerprint density at radius 2 is 0.417 bits per heavy atom. The zero-order valence-corrected chi connectivity index (χ0v) is 71.8. The van der Waals surface area contributed by atoms with Gasteiger partial charge in [0.1, 0.15) is 0 Å². The van der Waals surface area contributed by atoms with Crippen LogP contribution in [0.3, 0.4) is 0 Å². The summed E-state index contributed by atoms with van der Waals surface area (Å²) in [6, 6.07) is 172. The maximum atomic E-state index is 2.39. The van der Waals surface area contributed by atoms with Crippen LogP contribution in [0.25, 0.3) is 109 Å². The highest BCUT2D eigenvalue weighted by atomic mass is 15.2. The van der Waals surface area contributed by atoms with Crippen molar-refractivity contribution in [2.45, 2.75) is 13.8 Å². The zero-order valence-electron chi connectivity index (χ0n) is 71.8. The van der Waals surface area contributed by atoms with Crippen LogP contribution in [0, 0.1) is 13.8 Å². The van der Waals surface area contributed by atoms with Gasteiger partial charge in [0.2, 0.25) is 0 Å². The molecule has 6 heteroatoms. The van der Waals surface area contributed by atoms with Gasteiger partial charge >= 0.3 is 0 Å². The molecule has 127 heavy (non-hydrogen) atoms. The molecule has 608 valence electrons. The van der Waals surface area contributed by atoms with Gasteiger partial charge in [-0.05, 0) is 264 Å². The number of hydrogen-bond donors (Lipinski definition) is 0. The summed E-state index contributed by atoms with van der Waals surface area (Å²) in [5.74, 6) is 0. The molecule has 0 aromatic heterocycles. The third kappa shape index (κ3) is 16.0. The molecule has 0 aliphatic rings. The summed E-state index contributed by atoms with van der Waals surface area (Å²) < 4.78 is 0. The Bertz CT molecular complexity index is 7580. The number of aryl methyl sites for hydroxylation is 2. The van der Waals surface area contributed by atoms with Gasteiger partial charge in [0.15, 0.2) is 0 Å². The van der Waals surface area contributed by atoms with Crippen molar-refractivity contribution in [1.82, 2.24) is 0 Å². The summed E-state index contributed by atoms with van der Waals surface area (Å²) >= 11 is 0. The zero-order chi connectivity index (χ0) is 85.7. The number of rotatable bonds is 18. The van der Waals surface area contributed by atoms with E-state index in [1.54, 1.807) is 0 Å². The van der Waals surface area contributed by atoms with Crippen molar-refractivity contribution in [3.05, 3.63) is 490 Å². The Morgan fingerprint density at radius 3 is 0.827 bits per heavy atom. The van der Waals surface area contributed by atoms with Crippen molar-refractivity contribution in [3.63, 3.8) is 0 Å². The quantitative estimate of drug-likeness (QED) is 0.0625. The van der Waals surface area contributed by atoms with Crippen LogP contribution in [0.2, 0.25) is 0 Å². The van der Waals surface area contributed by atoms with Crippen LogP contribution in [-0.4, -0.2) is 21.1 Å². The van der Waals surface area contributed by atoms with E-state index in [2.05, 4.69) is 544 Å². The van der Waals surface area contributed by atoms with Crippen LogP contribution in [-0.2, 0) is 0 Å². The fourth-order valence-electron chi connectivity index (χ4n) is 18.3. The molecule has 0 bridgehead atoms. The fraction of sp³-hybridized carbons (Fsp3) is 0.0413. The maximum Gasteiger partial charge on any atom is 0.0540 e. The number of hydrogen-bond acceptors (Lipinski definition) is 6. The molecule has 0 atom stereocenters. The first-order valence-electron chi connectivity index (χ1n) is 43.6. The van der Waals surface area contributed by atoms with Gasteiger partial charge in [-0.15, -0.1) is 0 Å². The summed E-state index contributed by atoms with van der Waals surface area (Å²) in [6.45, 7) is 4.25. The van der Waals surface area contributed by atoms with Crippen LogP contribution < -0.4 is 29.4 Å². The van der Waals surface area contributed by atoms with Gasteiger partial charge in [-0.3, -0.25) is 0 Å². The third-order valence-electron chi connectivity index (χ3n) is 24.8. The second-order valence-corrected chi connectivity index (χ2v) is 32.7. The van der Waals surface area contributed by atoms with Crippen molar-refractivity contribution in [2.24, 2.45) is 0 Å². The van der Waals surface area contributed by atoms with Crippen LogP contribution in [0.15, 0.2) is 479 Å². The Morgan fingerprint density at radius 1 is 0.142 bits per heavy atom. The molecule has 0 fully saturated rings. The number of fused-ring (bicyclic) bond motifs is 5. The summed E-state index contributed by atoms with van der Waals surface area (Å²) in [7, 11) is 6.42. The van der Waals surface area contributed by atoms with Gasteiger partial charge in [-0.25, -0.2) is 0 Å². The van der Waals surface area contributed by atoms with E-state index in [1.165, 1.54) is 137 Å². The first-order valence-corrected chi connectivity index (χ1v) is 43.6. The van der Waals surface area contributed by atoms with Gasteiger partial charge in [0.05, 0.1) is 17.1 Å². The number of anilines is 15. The van der Waals surface area contributed by atoms with E-state index in [-0.39, 0.29) is 0 Å². The van der Waals surface area contributed by atoms with Crippen molar-refractivity contribution in [3.8, 4) is 33.4 Å². The number of nitrogens with zero attached hydrogens (tertiary/aromatic N) is 6. The molecule has 6 nitrogen and oxygen atoms in total. The van der Waals surface area contributed by atoms with Crippen LogP contribution in [0.4, 0.5) is 85.3 Å². The third-order valence-corrected chi connectivity index (χ3v) is 24.8. The Kier molecular flexibility index (Phi) is 22.0. The van der Waals surface area contributed by atoms with Crippen LogP contribution >= 0.6 is 0 Å². The molecule has 22 rings (SSSR count). The summed E-state index contributed by atoms with van der Waals surface area (Å²) in [5, 5.41) is 17.8. The predicted molar refractivity (Wildman–Crippen MR) is 546 cm³/mol. The highest BCUT2D eigenvalue weighted by Gasteiger charge is 2.24. The number of benzene rings is 22. The van der Waals surface area contributed by atoms with Gasteiger partial charge in [-0.1, -0.05) is 327 Å². The monoisotopic (exact) mass is 1630 g/mol. The van der Waals surface area contributed by atoms with Gasteiger partial charge < -0.3 is 29.4 Å². The average Bonchev–Trinajstić information content (AvgIpc) is 0.710. The second-order valence-electron chi connectivity index (χ2n) is 32.7. The summed E-state index contributed by atoms with van der Waals surface area (Å²) in [6.07, 6.45) is 0. The van der Waals surface area contributed by atoms with Crippen molar-refractivity contribution in [1.29, 1.82) is 0 Å². The van der Waals surface area contributed by atoms with E-state index < -0.39 is 0 Å². The molecule has 0 saturated carbocycles. The molecule has 0 amide bonds. The minimum atomic E-state index is 1.11. The fourth-order valence-corrected chi connectivity index (χ4v) is 18.3. The minimum Gasteiger partial charge on any atom is -0.345 e. The summed E-state index contributed by atoms with van der Waals surface area (Å²) in [4.78, 5) is 13.9.